The molecule has 4 aromatic rings. The number of benzene rings is 2. The predicted molar refractivity (Wildman–Crippen MR) is 195 cm³/mol. The SMILES string of the molecule is CC.CCCC1CCC1.COc1cccc(OCCCCCCO)c1.Cc1ccc(-c2ccc(-c3cnccc3C)c(C)c2)cn1. The Morgan fingerprint density at radius 1 is 0.783 bits per heavy atom. The summed E-state index contributed by atoms with van der Waals surface area (Å²) in [6.45, 7) is 13.6. The number of aliphatic hydroxyl groups excluding tert-OH is 1. The van der Waals surface area contributed by atoms with Crippen molar-refractivity contribution in [2.75, 3.05) is 20.3 Å². The van der Waals surface area contributed by atoms with Crippen molar-refractivity contribution in [3.63, 3.8) is 0 Å². The maximum absolute atomic E-state index is 8.61. The first kappa shape index (κ1) is 38.5. The topological polar surface area (TPSA) is 64.5 Å². The van der Waals surface area contributed by atoms with Crippen LogP contribution >= 0.6 is 0 Å². The fourth-order valence-electron chi connectivity index (χ4n) is 5.17. The number of ether oxygens (including phenoxy) is 2. The van der Waals surface area contributed by atoms with Crippen LogP contribution in [0.4, 0.5) is 0 Å². The molecule has 46 heavy (non-hydrogen) atoms. The van der Waals surface area contributed by atoms with Gasteiger partial charge in [0.05, 0.1) is 13.7 Å². The van der Waals surface area contributed by atoms with Crippen LogP contribution in [0.1, 0.15) is 95.4 Å². The van der Waals surface area contributed by atoms with Crippen molar-refractivity contribution < 1.29 is 14.6 Å². The fourth-order valence-corrected chi connectivity index (χ4v) is 5.17. The Morgan fingerprint density at radius 3 is 2.11 bits per heavy atom. The van der Waals surface area contributed by atoms with E-state index >= 15 is 0 Å². The molecular formula is C41H58N2O3. The molecular weight excluding hydrogens is 568 g/mol. The van der Waals surface area contributed by atoms with E-state index in [4.69, 9.17) is 14.6 Å². The molecule has 0 aliphatic heterocycles. The number of aliphatic hydroxyl groups is 1. The van der Waals surface area contributed by atoms with Gasteiger partial charge in [0.1, 0.15) is 11.5 Å². The van der Waals surface area contributed by atoms with Crippen LogP contribution in [0.2, 0.25) is 0 Å². The standard InChI is InChI=1S/C19H18N2.C13H20O3.C7H14.C2H6/c1-13-8-9-20-12-19(13)18-7-6-16(10-14(18)2)17-5-4-15(3)21-11-17;1-15-12-7-6-8-13(11-12)16-10-5-3-2-4-9-14;1-2-4-7-5-3-6-7;1-2/h4-12H,1-3H3;6-8,11,14H,2-5,9-10H2,1H3;7H,2-6H2,1H3;1-2H3. The van der Waals surface area contributed by atoms with Crippen LogP contribution in [0, 0.1) is 26.7 Å². The molecule has 0 bridgehead atoms. The number of hydrogen-bond donors (Lipinski definition) is 1. The highest BCUT2D eigenvalue weighted by Gasteiger charge is 2.15. The lowest BCUT2D eigenvalue weighted by Gasteiger charge is -2.24. The summed E-state index contributed by atoms with van der Waals surface area (Å²) >= 11 is 0. The summed E-state index contributed by atoms with van der Waals surface area (Å²) < 4.78 is 10.7. The van der Waals surface area contributed by atoms with Crippen molar-refractivity contribution in [1.82, 2.24) is 9.97 Å². The third-order valence-corrected chi connectivity index (χ3v) is 8.08. The number of nitrogens with zero attached hydrogens (tertiary/aromatic N) is 2. The largest absolute Gasteiger partial charge is 0.497 e. The number of aryl methyl sites for hydroxylation is 3. The Balaban J connectivity index is 0.000000259. The van der Waals surface area contributed by atoms with Crippen LogP contribution in [0.15, 0.2) is 79.3 Å². The molecule has 0 atom stereocenters. The van der Waals surface area contributed by atoms with Gasteiger partial charge in [0.15, 0.2) is 0 Å². The summed E-state index contributed by atoms with van der Waals surface area (Å²) in [4.78, 5) is 8.61. The van der Waals surface area contributed by atoms with Gasteiger partial charge in [-0.25, -0.2) is 0 Å². The zero-order valence-corrected chi connectivity index (χ0v) is 29.5. The van der Waals surface area contributed by atoms with E-state index in [9.17, 15) is 0 Å². The van der Waals surface area contributed by atoms with Crippen molar-refractivity contribution in [3.8, 4) is 33.8 Å². The van der Waals surface area contributed by atoms with E-state index in [0.29, 0.717) is 0 Å². The molecule has 0 unspecified atom stereocenters. The van der Waals surface area contributed by atoms with Gasteiger partial charge in [-0.2, -0.15) is 0 Å². The Hall–Kier alpha value is -3.70. The molecule has 1 fully saturated rings. The second kappa shape index (κ2) is 22.7. The number of pyridine rings is 2. The first-order valence-electron chi connectivity index (χ1n) is 17.3. The van der Waals surface area contributed by atoms with Crippen LogP contribution in [-0.2, 0) is 0 Å². The van der Waals surface area contributed by atoms with Crippen molar-refractivity contribution in [2.24, 2.45) is 5.92 Å². The first-order chi connectivity index (χ1) is 22.4. The van der Waals surface area contributed by atoms with Crippen molar-refractivity contribution >= 4 is 0 Å². The number of unbranched alkanes of at least 4 members (excludes halogenated alkanes) is 3. The van der Waals surface area contributed by atoms with Gasteiger partial charge in [0, 0.05) is 48.1 Å². The number of hydrogen-bond acceptors (Lipinski definition) is 5. The van der Waals surface area contributed by atoms with Crippen molar-refractivity contribution in [2.45, 2.75) is 99.3 Å². The van der Waals surface area contributed by atoms with E-state index in [1.165, 1.54) is 59.9 Å². The van der Waals surface area contributed by atoms with Gasteiger partial charge in [0.25, 0.3) is 0 Å². The molecule has 1 aliphatic carbocycles. The van der Waals surface area contributed by atoms with Gasteiger partial charge in [-0.05, 0) is 92.5 Å². The van der Waals surface area contributed by atoms with E-state index in [2.05, 4.69) is 55.0 Å². The minimum absolute atomic E-state index is 0.288. The van der Waals surface area contributed by atoms with Crippen LogP contribution in [-0.4, -0.2) is 35.4 Å². The molecule has 1 saturated carbocycles. The van der Waals surface area contributed by atoms with E-state index in [1.807, 2.05) is 75.8 Å². The lowest BCUT2D eigenvalue weighted by atomic mass is 9.82. The summed E-state index contributed by atoms with van der Waals surface area (Å²) in [5, 5.41) is 8.61. The maximum atomic E-state index is 8.61. The Bertz CT molecular complexity index is 1370. The second-order valence-electron chi connectivity index (χ2n) is 11.7. The van der Waals surface area contributed by atoms with Crippen molar-refractivity contribution in [1.29, 1.82) is 0 Å². The maximum Gasteiger partial charge on any atom is 0.122 e. The summed E-state index contributed by atoms with van der Waals surface area (Å²) in [6, 6.07) is 20.4. The van der Waals surface area contributed by atoms with Crippen LogP contribution < -0.4 is 9.47 Å². The molecule has 2 aromatic heterocycles. The smallest absolute Gasteiger partial charge is 0.122 e. The molecule has 5 rings (SSSR count). The normalized spacial score (nSPS) is 11.8. The molecule has 0 saturated heterocycles. The molecule has 5 nitrogen and oxygen atoms in total. The Kier molecular flexibility index (Phi) is 19.0. The van der Waals surface area contributed by atoms with Crippen molar-refractivity contribution in [3.05, 3.63) is 96.1 Å². The number of aromatic nitrogens is 2. The van der Waals surface area contributed by atoms with Gasteiger partial charge >= 0.3 is 0 Å². The van der Waals surface area contributed by atoms with Gasteiger partial charge in [0.2, 0.25) is 0 Å². The zero-order valence-electron chi connectivity index (χ0n) is 29.5. The molecule has 1 aliphatic rings. The monoisotopic (exact) mass is 626 g/mol. The van der Waals surface area contributed by atoms with Crippen LogP contribution in [0.25, 0.3) is 22.3 Å². The minimum Gasteiger partial charge on any atom is -0.497 e. The summed E-state index contributed by atoms with van der Waals surface area (Å²) in [5.41, 5.74) is 8.33. The Morgan fingerprint density at radius 2 is 1.52 bits per heavy atom. The third-order valence-electron chi connectivity index (χ3n) is 8.08. The quantitative estimate of drug-likeness (QED) is 0.159. The lowest BCUT2D eigenvalue weighted by Crippen LogP contribution is -2.09. The summed E-state index contributed by atoms with van der Waals surface area (Å²) in [5.74, 6) is 2.80. The average molecular weight is 627 g/mol. The zero-order chi connectivity index (χ0) is 33.6. The molecule has 0 spiro atoms. The molecule has 250 valence electrons. The highest BCUT2D eigenvalue weighted by molar-refractivity contribution is 5.74. The first-order valence-corrected chi connectivity index (χ1v) is 17.3. The highest BCUT2D eigenvalue weighted by Crippen LogP contribution is 2.30. The second-order valence-corrected chi connectivity index (χ2v) is 11.7. The minimum atomic E-state index is 0.288. The summed E-state index contributed by atoms with van der Waals surface area (Å²) in [6.07, 6.45) is 17.2. The third kappa shape index (κ3) is 13.7. The number of rotatable bonds is 12. The van der Waals surface area contributed by atoms with Crippen LogP contribution in [0.5, 0.6) is 11.5 Å². The Labute approximate surface area is 279 Å². The molecule has 1 N–H and O–H groups in total. The van der Waals surface area contributed by atoms with E-state index < -0.39 is 0 Å². The van der Waals surface area contributed by atoms with Gasteiger partial charge in [-0.15, -0.1) is 0 Å². The van der Waals surface area contributed by atoms with Gasteiger partial charge < -0.3 is 14.6 Å². The van der Waals surface area contributed by atoms with Gasteiger partial charge in [-0.1, -0.05) is 89.6 Å². The molecule has 0 amide bonds. The van der Waals surface area contributed by atoms with Gasteiger partial charge in [-0.3, -0.25) is 9.97 Å². The fraction of sp³-hybridized carbons (Fsp3) is 0.463. The lowest BCUT2D eigenvalue weighted by molar-refractivity contribution is 0.273. The van der Waals surface area contributed by atoms with E-state index in [1.54, 1.807) is 7.11 Å². The predicted octanol–water partition coefficient (Wildman–Crippen LogP) is 11.0. The highest BCUT2D eigenvalue weighted by atomic mass is 16.5. The summed E-state index contributed by atoms with van der Waals surface area (Å²) in [7, 11) is 1.65. The average Bonchev–Trinajstić information content (AvgIpc) is 3.07. The van der Waals surface area contributed by atoms with E-state index in [-0.39, 0.29) is 6.61 Å². The molecule has 2 aromatic carbocycles. The van der Waals surface area contributed by atoms with E-state index in [0.717, 1.165) is 61.0 Å². The molecule has 2 heterocycles. The van der Waals surface area contributed by atoms with Crippen LogP contribution in [0.3, 0.4) is 0 Å². The number of methoxy groups -OCH3 is 1. The molecule has 0 radical (unpaired) electrons. The molecule has 5 heteroatoms.